The number of ether oxygens (including phenoxy) is 2. The van der Waals surface area contributed by atoms with Gasteiger partial charge in [-0.15, -0.1) is 0 Å². The van der Waals surface area contributed by atoms with Crippen LogP contribution in [0.25, 0.3) is 0 Å². The summed E-state index contributed by atoms with van der Waals surface area (Å²) in [5.74, 6) is 0.548. The number of hydrogen-bond donors (Lipinski definition) is 2. The van der Waals surface area contributed by atoms with Crippen molar-refractivity contribution in [3.05, 3.63) is 23.8 Å². The smallest absolute Gasteiger partial charge is 0.303 e. The first-order valence-corrected chi connectivity index (χ1v) is 6.92. The van der Waals surface area contributed by atoms with Gasteiger partial charge in [-0.25, -0.2) is 0 Å². The molecule has 2 rings (SSSR count). The van der Waals surface area contributed by atoms with Crippen molar-refractivity contribution >= 4 is 5.97 Å². The number of nitrogens with two attached hydrogens (primary N) is 1. The molecule has 1 aliphatic rings. The zero-order chi connectivity index (χ0) is 14.5. The van der Waals surface area contributed by atoms with Gasteiger partial charge < -0.3 is 20.3 Å². The Balaban J connectivity index is 2.08. The van der Waals surface area contributed by atoms with E-state index in [0.29, 0.717) is 17.9 Å². The second-order valence-corrected chi connectivity index (χ2v) is 5.12. The van der Waals surface area contributed by atoms with E-state index >= 15 is 0 Å². The summed E-state index contributed by atoms with van der Waals surface area (Å²) in [5, 5.41) is 8.70. The molecule has 0 heterocycles. The molecule has 0 spiro atoms. The molecule has 1 aromatic rings. The van der Waals surface area contributed by atoms with Gasteiger partial charge in [-0.2, -0.15) is 0 Å². The van der Waals surface area contributed by atoms with E-state index in [0.717, 1.165) is 18.4 Å². The van der Waals surface area contributed by atoms with Gasteiger partial charge in [0.05, 0.1) is 13.2 Å². The molecule has 0 amide bonds. The number of carbonyl (C=O) groups is 1. The summed E-state index contributed by atoms with van der Waals surface area (Å²) in [6.45, 7) is 0. The molecule has 0 bridgehead atoms. The van der Waals surface area contributed by atoms with Crippen LogP contribution < -0.4 is 15.2 Å². The number of aliphatic carboxylic acids is 1. The Bertz CT molecular complexity index is 471. The lowest BCUT2D eigenvalue weighted by Gasteiger charge is -2.27. The van der Waals surface area contributed by atoms with Crippen LogP contribution in [0.1, 0.15) is 43.7 Å². The van der Waals surface area contributed by atoms with Crippen molar-refractivity contribution in [1.29, 1.82) is 0 Å². The zero-order valence-corrected chi connectivity index (χ0v) is 11.7. The van der Waals surface area contributed by atoms with Crippen LogP contribution >= 0.6 is 0 Å². The molecule has 1 unspecified atom stereocenters. The van der Waals surface area contributed by atoms with Crippen molar-refractivity contribution in [2.45, 2.75) is 44.2 Å². The molecular formula is C15H21NO4. The average molecular weight is 279 g/mol. The Kier molecular flexibility index (Phi) is 4.84. The molecule has 1 aliphatic carbocycles. The van der Waals surface area contributed by atoms with E-state index < -0.39 is 5.97 Å². The summed E-state index contributed by atoms with van der Waals surface area (Å²) in [7, 11) is 1.60. The fourth-order valence-electron chi connectivity index (χ4n) is 2.13. The molecule has 1 aromatic carbocycles. The number of carboxylic acid groups (broad SMARTS) is 1. The molecule has 0 saturated heterocycles. The second kappa shape index (κ2) is 6.61. The third kappa shape index (κ3) is 3.63. The zero-order valence-electron chi connectivity index (χ0n) is 11.7. The Morgan fingerprint density at radius 3 is 2.75 bits per heavy atom. The first-order chi connectivity index (χ1) is 9.60. The lowest BCUT2D eigenvalue weighted by molar-refractivity contribution is -0.137. The maximum absolute atomic E-state index is 10.6. The highest BCUT2D eigenvalue weighted by Gasteiger charge is 2.21. The Morgan fingerprint density at radius 2 is 2.20 bits per heavy atom. The van der Waals surface area contributed by atoms with Crippen LogP contribution in [0.4, 0.5) is 0 Å². The van der Waals surface area contributed by atoms with Gasteiger partial charge in [0.15, 0.2) is 11.5 Å². The largest absolute Gasteiger partial charge is 0.493 e. The van der Waals surface area contributed by atoms with E-state index in [1.807, 2.05) is 18.2 Å². The highest BCUT2D eigenvalue weighted by molar-refractivity contribution is 5.66. The molecule has 0 aromatic heterocycles. The number of hydrogen-bond acceptors (Lipinski definition) is 4. The SMILES string of the molecule is COc1ccc(C(N)CCC(=O)O)cc1OC1CCC1. The number of benzene rings is 1. The van der Waals surface area contributed by atoms with Crippen molar-refractivity contribution in [1.82, 2.24) is 0 Å². The van der Waals surface area contributed by atoms with E-state index in [2.05, 4.69) is 0 Å². The summed E-state index contributed by atoms with van der Waals surface area (Å²) >= 11 is 0. The fraction of sp³-hybridized carbons (Fsp3) is 0.533. The summed E-state index contributed by atoms with van der Waals surface area (Å²) in [4.78, 5) is 10.6. The van der Waals surface area contributed by atoms with E-state index in [4.69, 9.17) is 20.3 Å². The Hall–Kier alpha value is -1.75. The second-order valence-electron chi connectivity index (χ2n) is 5.12. The van der Waals surface area contributed by atoms with E-state index in [1.54, 1.807) is 7.11 Å². The van der Waals surface area contributed by atoms with Crippen molar-refractivity contribution in [3.8, 4) is 11.5 Å². The first-order valence-electron chi connectivity index (χ1n) is 6.92. The molecule has 0 radical (unpaired) electrons. The van der Waals surface area contributed by atoms with Crippen LogP contribution in [-0.4, -0.2) is 24.3 Å². The van der Waals surface area contributed by atoms with Gasteiger partial charge in [0.25, 0.3) is 0 Å². The van der Waals surface area contributed by atoms with Crippen LogP contribution in [0.5, 0.6) is 11.5 Å². The first kappa shape index (κ1) is 14.7. The van der Waals surface area contributed by atoms with Crippen LogP contribution in [0, 0.1) is 0 Å². The third-order valence-corrected chi connectivity index (χ3v) is 3.63. The van der Waals surface area contributed by atoms with Gasteiger partial charge in [0, 0.05) is 12.5 Å². The molecule has 110 valence electrons. The highest BCUT2D eigenvalue weighted by Crippen LogP contribution is 2.34. The highest BCUT2D eigenvalue weighted by atomic mass is 16.5. The minimum Gasteiger partial charge on any atom is -0.493 e. The minimum atomic E-state index is -0.833. The molecular weight excluding hydrogens is 258 g/mol. The molecule has 20 heavy (non-hydrogen) atoms. The molecule has 1 saturated carbocycles. The molecule has 5 nitrogen and oxygen atoms in total. The van der Waals surface area contributed by atoms with Gasteiger partial charge >= 0.3 is 5.97 Å². The lowest BCUT2D eigenvalue weighted by atomic mass is 9.96. The lowest BCUT2D eigenvalue weighted by Crippen LogP contribution is -2.25. The maximum Gasteiger partial charge on any atom is 0.303 e. The van der Waals surface area contributed by atoms with Gasteiger partial charge in [0.2, 0.25) is 0 Å². The molecule has 3 N–H and O–H groups in total. The summed E-state index contributed by atoms with van der Waals surface area (Å²) in [6, 6.07) is 5.24. The van der Waals surface area contributed by atoms with E-state index in [9.17, 15) is 4.79 Å². The normalized spacial score (nSPS) is 16.3. The summed E-state index contributed by atoms with van der Waals surface area (Å²) < 4.78 is 11.2. The number of methoxy groups -OCH3 is 1. The maximum atomic E-state index is 10.6. The van der Waals surface area contributed by atoms with E-state index in [1.165, 1.54) is 6.42 Å². The monoisotopic (exact) mass is 279 g/mol. The Labute approximate surface area is 118 Å². The minimum absolute atomic E-state index is 0.0615. The molecule has 0 aliphatic heterocycles. The van der Waals surface area contributed by atoms with Crippen LogP contribution in [0.3, 0.4) is 0 Å². The van der Waals surface area contributed by atoms with Gasteiger partial charge in [0.1, 0.15) is 0 Å². The van der Waals surface area contributed by atoms with Gasteiger partial charge in [-0.1, -0.05) is 6.07 Å². The van der Waals surface area contributed by atoms with Crippen molar-refractivity contribution in [3.63, 3.8) is 0 Å². The fourth-order valence-corrected chi connectivity index (χ4v) is 2.13. The predicted molar refractivity (Wildman–Crippen MR) is 75.1 cm³/mol. The molecule has 5 heteroatoms. The predicted octanol–water partition coefficient (Wildman–Crippen LogP) is 2.49. The van der Waals surface area contributed by atoms with Crippen LogP contribution in [-0.2, 0) is 4.79 Å². The van der Waals surface area contributed by atoms with Crippen LogP contribution in [0.15, 0.2) is 18.2 Å². The van der Waals surface area contributed by atoms with Crippen molar-refractivity contribution in [2.24, 2.45) is 5.73 Å². The standard InChI is InChI=1S/C15H21NO4/c1-19-13-7-5-10(12(16)6-8-15(17)18)9-14(13)20-11-3-2-4-11/h5,7,9,11-12H,2-4,6,8,16H2,1H3,(H,17,18). The van der Waals surface area contributed by atoms with E-state index in [-0.39, 0.29) is 18.6 Å². The average Bonchev–Trinajstić information content (AvgIpc) is 2.39. The summed E-state index contributed by atoms with van der Waals surface area (Å²) in [5.41, 5.74) is 6.90. The van der Waals surface area contributed by atoms with Gasteiger partial charge in [-0.05, 0) is 43.4 Å². The van der Waals surface area contributed by atoms with Crippen molar-refractivity contribution in [2.75, 3.05) is 7.11 Å². The molecule has 1 fully saturated rings. The number of carboxylic acids is 1. The van der Waals surface area contributed by atoms with Crippen LogP contribution in [0.2, 0.25) is 0 Å². The molecule has 1 atom stereocenters. The topological polar surface area (TPSA) is 81.8 Å². The Morgan fingerprint density at radius 1 is 1.45 bits per heavy atom. The van der Waals surface area contributed by atoms with Crippen molar-refractivity contribution < 1.29 is 19.4 Å². The van der Waals surface area contributed by atoms with Gasteiger partial charge in [-0.3, -0.25) is 4.79 Å². The quantitative estimate of drug-likeness (QED) is 0.801. The summed E-state index contributed by atoms with van der Waals surface area (Å²) in [6.07, 6.45) is 4.06. The number of rotatable bonds is 7. The third-order valence-electron chi connectivity index (χ3n) is 3.63.